The molecule has 1 saturated heterocycles. The van der Waals surface area contributed by atoms with E-state index >= 15 is 0 Å². The molecule has 1 aliphatic heterocycles. The molecule has 1 heterocycles. The van der Waals surface area contributed by atoms with Crippen LogP contribution in [0.5, 0.6) is 0 Å². The van der Waals surface area contributed by atoms with Crippen LogP contribution in [0.1, 0.15) is 16.8 Å². The molecule has 134 valence electrons. The first-order valence-corrected chi connectivity index (χ1v) is 8.02. The van der Waals surface area contributed by atoms with Crippen LogP contribution in [-0.4, -0.2) is 29.8 Å². The molecule has 0 aliphatic carbocycles. The Kier molecular flexibility index (Phi) is 4.92. The van der Waals surface area contributed by atoms with Crippen molar-refractivity contribution in [2.45, 2.75) is 6.42 Å². The molecule has 1 unspecified atom stereocenters. The highest BCUT2D eigenvalue weighted by molar-refractivity contribution is 5.96. The average molecular weight is 357 g/mol. The first-order valence-electron chi connectivity index (χ1n) is 8.02. The number of rotatable bonds is 5. The zero-order valence-corrected chi connectivity index (χ0v) is 13.7. The highest BCUT2D eigenvalue weighted by Gasteiger charge is 2.30. The number of carbonyl (C=O) groups excluding carboxylic acids is 2. The standard InChI is InChI=1S/C18H16FN3O4/c19-14-3-7-15(8-4-14)21-11-12(9-17(21)23)10-20-18(24)13-1-5-16(6-2-13)22(25)26/h1-8,12H,9-11H2,(H,20,24). The molecule has 7 nitrogen and oxygen atoms in total. The van der Waals surface area contributed by atoms with Crippen molar-refractivity contribution in [1.82, 2.24) is 5.32 Å². The van der Waals surface area contributed by atoms with E-state index in [-0.39, 0.29) is 35.7 Å². The molecule has 1 N–H and O–H groups in total. The van der Waals surface area contributed by atoms with E-state index in [0.717, 1.165) is 0 Å². The van der Waals surface area contributed by atoms with E-state index in [0.29, 0.717) is 24.3 Å². The summed E-state index contributed by atoms with van der Waals surface area (Å²) in [6.45, 7) is 0.740. The van der Waals surface area contributed by atoms with Gasteiger partial charge in [-0.1, -0.05) is 0 Å². The van der Waals surface area contributed by atoms with Crippen LogP contribution < -0.4 is 10.2 Å². The summed E-state index contributed by atoms with van der Waals surface area (Å²) >= 11 is 0. The number of non-ortho nitro benzene ring substituents is 1. The molecule has 2 amide bonds. The van der Waals surface area contributed by atoms with Crippen LogP contribution in [0, 0.1) is 21.8 Å². The predicted molar refractivity (Wildman–Crippen MR) is 92.3 cm³/mol. The fourth-order valence-corrected chi connectivity index (χ4v) is 2.86. The first-order chi connectivity index (χ1) is 12.4. The van der Waals surface area contributed by atoms with Gasteiger partial charge in [0.25, 0.3) is 11.6 Å². The van der Waals surface area contributed by atoms with Crippen LogP contribution in [0.4, 0.5) is 15.8 Å². The highest BCUT2D eigenvalue weighted by Crippen LogP contribution is 2.25. The number of nitro groups is 1. The molecule has 1 fully saturated rings. The average Bonchev–Trinajstić information content (AvgIpc) is 3.01. The lowest BCUT2D eigenvalue weighted by Gasteiger charge is -2.17. The van der Waals surface area contributed by atoms with Crippen LogP contribution in [-0.2, 0) is 4.79 Å². The minimum Gasteiger partial charge on any atom is -0.352 e. The largest absolute Gasteiger partial charge is 0.352 e. The number of hydrogen-bond acceptors (Lipinski definition) is 4. The maximum Gasteiger partial charge on any atom is 0.269 e. The Labute approximate surface area is 148 Å². The maximum atomic E-state index is 13.0. The molecule has 2 aromatic carbocycles. The lowest BCUT2D eigenvalue weighted by Crippen LogP contribution is -2.31. The molecule has 1 atom stereocenters. The van der Waals surface area contributed by atoms with Crippen LogP contribution in [0.2, 0.25) is 0 Å². The number of carbonyl (C=O) groups is 2. The van der Waals surface area contributed by atoms with E-state index in [9.17, 15) is 24.1 Å². The summed E-state index contributed by atoms with van der Waals surface area (Å²) in [5.74, 6) is -0.861. The van der Waals surface area contributed by atoms with E-state index < -0.39 is 4.92 Å². The second-order valence-electron chi connectivity index (χ2n) is 6.06. The lowest BCUT2D eigenvalue weighted by molar-refractivity contribution is -0.384. The maximum absolute atomic E-state index is 13.0. The van der Waals surface area contributed by atoms with Crippen LogP contribution in [0.25, 0.3) is 0 Å². The van der Waals surface area contributed by atoms with Crippen molar-refractivity contribution in [3.8, 4) is 0 Å². The summed E-state index contributed by atoms with van der Waals surface area (Å²) in [6.07, 6.45) is 0.290. The summed E-state index contributed by atoms with van der Waals surface area (Å²) in [4.78, 5) is 35.9. The third-order valence-electron chi connectivity index (χ3n) is 4.24. The third-order valence-corrected chi connectivity index (χ3v) is 4.24. The van der Waals surface area contributed by atoms with Crippen molar-refractivity contribution in [2.24, 2.45) is 5.92 Å². The van der Waals surface area contributed by atoms with Gasteiger partial charge in [0.1, 0.15) is 5.82 Å². The van der Waals surface area contributed by atoms with Crippen LogP contribution >= 0.6 is 0 Å². The van der Waals surface area contributed by atoms with Gasteiger partial charge < -0.3 is 10.2 Å². The van der Waals surface area contributed by atoms with Gasteiger partial charge in [0.15, 0.2) is 0 Å². The molecule has 0 bridgehead atoms. The second kappa shape index (κ2) is 7.30. The highest BCUT2D eigenvalue weighted by atomic mass is 19.1. The van der Waals surface area contributed by atoms with Gasteiger partial charge in [-0.15, -0.1) is 0 Å². The number of benzene rings is 2. The second-order valence-corrected chi connectivity index (χ2v) is 6.06. The van der Waals surface area contributed by atoms with Crippen molar-refractivity contribution in [1.29, 1.82) is 0 Å². The van der Waals surface area contributed by atoms with Gasteiger partial charge in [-0.3, -0.25) is 19.7 Å². The predicted octanol–water partition coefficient (Wildman–Crippen LogP) is 2.52. The Balaban J connectivity index is 1.56. The van der Waals surface area contributed by atoms with Crippen molar-refractivity contribution < 1.29 is 18.9 Å². The van der Waals surface area contributed by atoms with Crippen LogP contribution in [0.15, 0.2) is 48.5 Å². The number of halogens is 1. The Hall–Kier alpha value is -3.29. The summed E-state index contributed by atoms with van der Waals surface area (Å²) in [5, 5.41) is 13.4. The Morgan fingerprint density at radius 1 is 1.19 bits per heavy atom. The summed E-state index contributed by atoms with van der Waals surface area (Å²) in [6, 6.07) is 11.0. The van der Waals surface area contributed by atoms with Gasteiger partial charge in [-0.05, 0) is 36.4 Å². The molecular weight excluding hydrogens is 341 g/mol. The normalized spacial score (nSPS) is 16.6. The van der Waals surface area contributed by atoms with E-state index in [1.54, 1.807) is 17.0 Å². The minimum atomic E-state index is -0.532. The molecule has 0 aromatic heterocycles. The minimum absolute atomic E-state index is 0.0606. The van der Waals surface area contributed by atoms with Gasteiger partial charge in [-0.25, -0.2) is 4.39 Å². The Morgan fingerprint density at radius 2 is 1.85 bits per heavy atom. The van der Waals surface area contributed by atoms with Crippen LogP contribution in [0.3, 0.4) is 0 Å². The van der Waals surface area contributed by atoms with Crippen molar-refractivity contribution >= 4 is 23.2 Å². The molecule has 3 rings (SSSR count). The molecule has 2 aromatic rings. The number of nitrogens with one attached hydrogen (secondary N) is 1. The topological polar surface area (TPSA) is 92.6 Å². The smallest absolute Gasteiger partial charge is 0.269 e. The quantitative estimate of drug-likeness (QED) is 0.657. The van der Waals surface area contributed by atoms with E-state index in [1.807, 2.05) is 0 Å². The van der Waals surface area contributed by atoms with E-state index in [1.165, 1.54) is 36.4 Å². The zero-order chi connectivity index (χ0) is 18.7. The molecular formula is C18H16FN3O4. The summed E-state index contributed by atoms with van der Waals surface area (Å²) in [5.41, 5.74) is 0.855. The van der Waals surface area contributed by atoms with Gasteiger partial charge >= 0.3 is 0 Å². The van der Waals surface area contributed by atoms with Gasteiger partial charge in [0.2, 0.25) is 5.91 Å². The summed E-state index contributed by atoms with van der Waals surface area (Å²) < 4.78 is 13.0. The number of nitrogens with zero attached hydrogens (tertiary/aromatic N) is 2. The number of nitro benzene ring substituents is 1. The SMILES string of the molecule is O=C(NCC1CC(=O)N(c2ccc(F)cc2)C1)c1ccc([N+](=O)[O-])cc1. The summed E-state index contributed by atoms with van der Waals surface area (Å²) in [7, 11) is 0. The molecule has 0 saturated carbocycles. The molecule has 8 heteroatoms. The molecule has 0 radical (unpaired) electrons. The van der Waals surface area contributed by atoms with Crippen molar-refractivity contribution in [3.63, 3.8) is 0 Å². The fraction of sp³-hybridized carbons (Fsp3) is 0.222. The first kappa shape index (κ1) is 17.5. The van der Waals surface area contributed by atoms with E-state index in [2.05, 4.69) is 5.32 Å². The number of amides is 2. The zero-order valence-electron chi connectivity index (χ0n) is 13.7. The lowest BCUT2D eigenvalue weighted by atomic mass is 10.1. The van der Waals surface area contributed by atoms with Gasteiger partial charge in [0, 0.05) is 48.8 Å². The van der Waals surface area contributed by atoms with Gasteiger partial charge in [0.05, 0.1) is 4.92 Å². The molecule has 26 heavy (non-hydrogen) atoms. The number of anilines is 1. The third kappa shape index (κ3) is 3.85. The Morgan fingerprint density at radius 3 is 2.46 bits per heavy atom. The molecule has 1 aliphatic rings. The number of hydrogen-bond donors (Lipinski definition) is 1. The van der Waals surface area contributed by atoms with Crippen molar-refractivity contribution in [3.05, 3.63) is 70.0 Å². The monoisotopic (exact) mass is 357 g/mol. The Bertz CT molecular complexity index is 837. The van der Waals surface area contributed by atoms with Crippen molar-refractivity contribution in [2.75, 3.05) is 18.0 Å². The van der Waals surface area contributed by atoms with Gasteiger partial charge in [-0.2, -0.15) is 0 Å². The van der Waals surface area contributed by atoms with E-state index in [4.69, 9.17) is 0 Å². The fourth-order valence-electron chi connectivity index (χ4n) is 2.86. The molecule has 0 spiro atoms.